The first kappa shape index (κ1) is 26.9. The molecule has 0 radical (unpaired) electrons. The minimum atomic E-state index is -4.56. The minimum absolute atomic E-state index is 0.0569. The molecule has 4 heterocycles. The van der Waals surface area contributed by atoms with Gasteiger partial charge >= 0.3 is 6.18 Å². The van der Waals surface area contributed by atoms with E-state index in [9.17, 15) is 18.0 Å². The summed E-state index contributed by atoms with van der Waals surface area (Å²) >= 11 is 6.61. The summed E-state index contributed by atoms with van der Waals surface area (Å²) in [6.45, 7) is 12.9. The van der Waals surface area contributed by atoms with E-state index in [0.29, 0.717) is 41.3 Å². The topological polar surface area (TPSA) is 54.3 Å². The molecule has 2 aliphatic rings. The zero-order valence-electron chi connectivity index (χ0n) is 21.5. The maximum Gasteiger partial charge on any atom is 0.433 e. The Kier molecular flexibility index (Phi) is 7.45. The summed E-state index contributed by atoms with van der Waals surface area (Å²) < 4.78 is 41.4. The molecule has 0 N–H and O–H groups in total. The number of rotatable bonds is 6. The Hall–Kier alpha value is -2.13. The van der Waals surface area contributed by atoms with Gasteiger partial charge in [0.2, 0.25) is 5.91 Å². The van der Waals surface area contributed by atoms with Crippen LogP contribution in [0.15, 0.2) is 18.2 Å². The van der Waals surface area contributed by atoms with Crippen molar-refractivity contribution in [2.75, 3.05) is 26.2 Å². The Morgan fingerprint density at radius 2 is 1.83 bits per heavy atom. The van der Waals surface area contributed by atoms with Crippen LogP contribution in [0, 0.1) is 10.8 Å². The van der Waals surface area contributed by atoms with Crippen molar-refractivity contribution >= 4 is 17.5 Å². The van der Waals surface area contributed by atoms with Crippen LogP contribution in [0.2, 0.25) is 5.15 Å². The van der Waals surface area contributed by atoms with E-state index in [1.807, 2.05) is 6.92 Å². The Bertz CT molecular complexity index is 1100. The molecule has 2 aromatic heterocycles. The number of halogens is 4. The number of hydrogen-bond donors (Lipinski definition) is 0. The van der Waals surface area contributed by atoms with Crippen molar-refractivity contribution < 1.29 is 18.0 Å². The van der Waals surface area contributed by atoms with Gasteiger partial charge in [-0.2, -0.15) is 18.3 Å². The largest absolute Gasteiger partial charge is 0.433 e. The van der Waals surface area contributed by atoms with Gasteiger partial charge in [0.05, 0.1) is 12.2 Å². The highest BCUT2D eigenvalue weighted by atomic mass is 35.5. The smallest absolute Gasteiger partial charge is 0.338 e. The molecule has 2 saturated heterocycles. The van der Waals surface area contributed by atoms with Crippen molar-refractivity contribution in [3.63, 3.8) is 0 Å². The summed E-state index contributed by atoms with van der Waals surface area (Å²) in [5.74, 6) is 0.0569. The highest BCUT2D eigenvalue weighted by Gasteiger charge is 2.45. The third-order valence-electron chi connectivity index (χ3n) is 7.41. The van der Waals surface area contributed by atoms with Gasteiger partial charge in [0.1, 0.15) is 16.5 Å². The molecule has 0 bridgehead atoms. The first-order chi connectivity index (χ1) is 16.8. The number of amides is 1. The molecular formula is C26H35ClF3N5O. The summed E-state index contributed by atoms with van der Waals surface area (Å²) in [5.41, 5.74) is 0.183. The zero-order chi connectivity index (χ0) is 26.3. The van der Waals surface area contributed by atoms with Crippen molar-refractivity contribution in [3.8, 4) is 11.4 Å². The van der Waals surface area contributed by atoms with Gasteiger partial charge < -0.3 is 9.80 Å². The Morgan fingerprint density at radius 1 is 1.14 bits per heavy atom. The standard InChI is InChI=1S/C26H35ClF3N5O/c1-5-35-23(27)18(22(32-35)19-7-6-8-20(31-19)26(28,29)30)16-34-17-25(15-21(34)36)10-13-33(14-11-25)12-9-24(2,3)4/h6-8H,5,9-17H2,1-4H3. The van der Waals surface area contributed by atoms with Crippen molar-refractivity contribution in [3.05, 3.63) is 34.6 Å². The van der Waals surface area contributed by atoms with Gasteiger partial charge in [-0.3, -0.25) is 9.48 Å². The van der Waals surface area contributed by atoms with Gasteiger partial charge in [0.25, 0.3) is 0 Å². The number of alkyl halides is 3. The Morgan fingerprint density at radius 3 is 2.44 bits per heavy atom. The van der Waals surface area contributed by atoms with Crippen molar-refractivity contribution in [2.45, 2.75) is 72.6 Å². The first-order valence-electron chi connectivity index (χ1n) is 12.6. The van der Waals surface area contributed by atoms with Gasteiger partial charge in [-0.05, 0) is 68.8 Å². The van der Waals surface area contributed by atoms with Crippen molar-refractivity contribution in [1.82, 2.24) is 24.6 Å². The quantitative estimate of drug-likeness (QED) is 0.472. The van der Waals surface area contributed by atoms with E-state index in [2.05, 4.69) is 35.8 Å². The molecule has 1 spiro atoms. The number of piperidine rings is 1. The normalized spacial score (nSPS) is 19.0. The number of carbonyl (C=O) groups excluding carboxylic acids is 1. The lowest BCUT2D eigenvalue weighted by molar-refractivity contribution is -0.141. The van der Waals surface area contributed by atoms with Crippen LogP contribution < -0.4 is 0 Å². The predicted octanol–water partition coefficient (Wildman–Crippen LogP) is 5.89. The summed E-state index contributed by atoms with van der Waals surface area (Å²) in [6.07, 6.45) is -1.01. The second-order valence-corrected chi connectivity index (χ2v) is 11.8. The average molecular weight is 526 g/mol. The van der Waals surface area contributed by atoms with E-state index >= 15 is 0 Å². The molecule has 0 aromatic carbocycles. The number of aromatic nitrogens is 3. The molecule has 10 heteroatoms. The number of nitrogens with zero attached hydrogens (tertiary/aromatic N) is 5. The Balaban J connectivity index is 1.51. The number of pyridine rings is 1. The second kappa shape index (κ2) is 9.97. The molecule has 4 rings (SSSR count). The van der Waals surface area contributed by atoms with Crippen LogP contribution in [0.3, 0.4) is 0 Å². The van der Waals surface area contributed by atoms with Crippen LogP contribution >= 0.6 is 11.6 Å². The molecule has 0 aliphatic carbocycles. The first-order valence-corrected chi connectivity index (χ1v) is 13.0. The maximum atomic E-state index is 13.3. The molecule has 6 nitrogen and oxygen atoms in total. The molecule has 36 heavy (non-hydrogen) atoms. The molecule has 198 valence electrons. The van der Waals surface area contributed by atoms with E-state index in [0.717, 1.165) is 45.0 Å². The highest BCUT2D eigenvalue weighted by Crippen LogP contribution is 2.43. The van der Waals surface area contributed by atoms with Gasteiger partial charge in [-0.1, -0.05) is 38.4 Å². The van der Waals surface area contributed by atoms with Crippen LogP contribution in [0.25, 0.3) is 11.4 Å². The summed E-state index contributed by atoms with van der Waals surface area (Å²) in [7, 11) is 0. The van der Waals surface area contributed by atoms with Gasteiger partial charge in [0.15, 0.2) is 0 Å². The second-order valence-electron chi connectivity index (χ2n) is 11.4. The van der Waals surface area contributed by atoms with E-state index < -0.39 is 11.9 Å². The van der Waals surface area contributed by atoms with Crippen LogP contribution in [-0.2, 0) is 24.1 Å². The van der Waals surface area contributed by atoms with Gasteiger partial charge in [-0.15, -0.1) is 0 Å². The van der Waals surface area contributed by atoms with Crippen molar-refractivity contribution in [2.24, 2.45) is 10.8 Å². The lowest BCUT2D eigenvalue weighted by Gasteiger charge is -2.39. The van der Waals surface area contributed by atoms with E-state index in [1.165, 1.54) is 16.8 Å². The van der Waals surface area contributed by atoms with Gasteiger partial charge in [-0.25, -0.2) is 4.98 Å². The summed E-state index contributed by atoms with van der Waals surface area (Å²) in [6, 6.07) is 3.75. The van der Waals surface area contributed by atoms with Crippen LogP contribution in [-0.4, -0.2) is 56.7 Å². The molecule has 0 unspecified atom stereocenters. The fourth-order valence-corrected chi connectivity index (χ4v) is 5.46. The monoisotopic (exact) mass is 525 g/mol. The molecule has 2 aliphatic heterocycles. The van der Waals surface area contributed by atoms with E-state index in [1.54, 1.807) is 4.90 Å². The molecular weight excluding hydrogens is 491 g/mol. The van der Waals surface area contributed by atoms with Crippen molar-refractivity contribution in [1.29, 1.82) is 0 Å². The molecule has 1 amide bonds. The number of hydrogen-bond acceptors (Lipinski definition) is 4. The molecule has 0 saturated carbocycles. The molecule has 0 atom stereocenters. The number of aryl methyl sites for hydroxylation is 1. The van der Waals surface area contributed by atoms with E-state index in [-0.39, 0.29) is 23.6 Å². The SMILES string of the molecule is CCn1nc(-c2cccc(C(F)(F)F)n2)c(CN2CC3(CCN(CCC(C)(C)C)CC3)CC2=O)c1Cl. The Labute approximate surface area is 215 Å². The lowest BCUT2D eigenvalue weighted by Crippen LogP contribution is -2.42. The third-order valence-corrected chi connectivity index (χ3v) is 7.84. The highest BCUT2D eigenvalue weighted by molar-refractivity contribution is 6.30. The van der Waals surface area contributed by atoms with Gasteiger partial charge in [0, 0.05) is 25.1 Å². The fourth-order valence-electron chi connectivity index (χ4n) is 5.15. The average Bonchev–Trinajstić information content (AvgIpc) is 3.28. The zero-order valence-corrected chi connectivity index (χ0v) is 22.2. The number of carbonyl (C=O) groups is 1. The van der Waals surface area contributed by atoms with Crippen LogP contribution in [0.1, 0.15) is 64.6 Å². The summed E-state index contributed by atoms with van der Waals surface area (Å²) in [4.78, 5) is 21.2. The van der Waals surface area contributed by atoms with E-state index in [4.69, 9.17) is 11.6 Å². The maximum absolute atomic E-state index is 13.3. The molecule has 2 aromatic rings. The minimum Gasteiger partial charge on any atom is -0.338 e. The van der Waals surface area contributed by atoms with Crippen LogP contribution in [0.4, 0.5) is 13.2 Å². The fraction of sp³-hybridized carbons (Fsp3) is 0.654. The third kappa shape index (κ3) is 5.88. The number of likely N-dealkylation sites (tertiary alicyclic amines) is 2. The molecule has 2 fully saturated rings. The lowest BCUT2D eigenvalue weighted by atomic mass is 9.77. The predicted molar refractivity (Wildman–Crippen MR) is 133 cm³/mol. The summed E-state index contributed by atoms with van der Waals surface area (Å²) in [5, 5.41) is 4.78. The van der Waals surface area contributed by atoms with Crippen LogP contribution in [0.5, 0.6) is 0 Å².